The number of anilines is 1. The SMILES string of the molecule is CCNC(=O)C(C)Sc1nccnc1N. The van der Waals surface area contributed by atoms with Gasteiger partial charge in [0.1, 0.15) is 5.03 Å². The number of carbonyl (C=O) groups excluding carboxylic acids is 1. The molecule has 0 bridgehead atoms. The number of hydrogen-bond acceptors (Lipinski definition) is 5. The van der Waals surface area contributed by atoms with Crippen LogP contribution in [0.25, 0.3) is 0 Å². The standard InChI is InChI=1S/C9H14N4OS/c1-3-11-8(14)6(2)15-9-7(10)12-4-5-13-9/h4-6H,3H2,1-2H3,(H2,10,12)(H,11,14). The van der Waals surface area contributed by atoms with Crippen LogP contribution >= 0.6 is 11.8 Å². The molecule has 0 fully saturated rings. The molecule has 15 heavy (non-hydrogen) atoms. The molecule has 0 aliphatic rings. The summed E-state index contributed by atoms with van der Waals surface area (Å²) >= 11 is 1.31. The molecule has 5 nitrogen and oxygen atoms in total. The minimum absolute atomic E-state index is 0.0208. The maximum atomic E-state index is 11.4. The molecule has 6 heteroatoms. The Kier molecular flexibility index (Phi) is 4.36. The molecular weight excluding hydrogens is 212 g/mol. The molecule has 0 aromatic carbocycles. The second-order valence-electron chi connectivity index (χ2n) is 2.90. The van der Waals surface area contributed by atoms with E-state index in [1.807, 2.05) is 13.8 Å². The van der Waals surface area contributed by atoms with Crippen molar-refractivity contribution in [2.75, 3.05) is 12.3 Å². The molecule has 1 rings (SSSR count). The third kappa shape index (κ3) is 3.39. The molecule has 0 aliphatic carbocycles. The molecule has 3 N–H and O–H groups in total. The first-order chi connectivity index (χ1) is 7.15. The highest BCUT2D eigenvalue weighted by atomic mass is 32.2. The van der Waals surface area contributed by atoms with E-state index < -0.39 is 0 Å². The number of thioether (sulfide) groups is 1. The average molecular weight is 226 g/mol. The number of aromatic nitrogens is 2. The van der Waals surface area contributed by atoms with E-state index in [0.717, 1.165) is 0 Å². The monoisotopic (exact) mass is 226 g/mol. The van der Waals surface area contributed by atoms with Crippen molar-refractivity contribution < 1.29 is 4.79 Å². The number of nitrogens with one attached hydrogen (secondary N) is 1. The molecule has 0 spiro atoms. The van der Waals surface area contributed by atoms with Crippen LogP contribution < -0.4 is 11.1 Å². The van der Waals surface area contributed by atoms with Gasteiger partial charge in [0.25, 0.3) is 0 Å². The lowest BCUT2D eigenvalue weighted by molar-refractivity contribution is -0.120. The van der Waals surface area contributed by atoms with Gasteiger partial charge in [0, 0.05) is 18.9 Å². The fourth-order valence-corrected chi connectivity index (χ4v) is 1.79. The van der Waals surface area contributed by atoms with Gasteiger partial charge in [-0.15, -0.1) is 0 Å². The number of rotatable bonds is 4. The van der Waals surface area contributed by atoms with Gasteiger partial charge < -0.3 is 11.1 Å². The highest BCUT2D eigenvalue weighted by Crippen LogP contribution is 2.24. The van der Waals surface area contributed by atoms with Crippen LogP contribution in [0, 0.1) is 0 Å². The number of nitrogens with two attached hydrogens (primary N) is 1. The predicted molar refractivity (Wildman–Crippen MR) is 60.4 cm³/mol. The molecule has 1 aromatic heterocycles. The Morgan fingerprint density at radius 2 is 2.27 bits per heavy atom. The molecule has 0 radical (unpaired) electrons. The molecule has 1 unspecified atom stereocenters. The van der Waals surface area contributed by atoms with Crippen LogP contribution in [0.15, 0.2) is 17.4 Å². The van der Waals surface area contributed by atoms with Crippen LogP contribution in [0.3, 0.4) is 0 Å². The lowest BCUT2D eigenvalue weighted by Crippen LogP contribution is -2.30. The fraction of sp³-hybridized carbons (Fsp3) is 0.444. The Morgan fingerprint density at radius 1 is 1.60 bits per heavy atom. The number of carbonyl (C=O) groups is 1. The van der Waals surface area contributed by atoms with E-state index in [-0.39, 0.29) is 11.2 Å². The molecule has 1 aromatic rings. The summed E-state index contributed by atoms with van der Waals surface area (Å²) in [6, 6.07) is 0. The lowest BCUT2D eigenvalue weighted by atomic mass is 10.4. The quantitative estimate of drug-likeness (QED) is 0.738. The zero-order valence-corrected chi connectivity index (χ0v) is 9.54. The predicted octanol–water partition coefficient (Wildman–Crippen LogP) is 0.676. The fourth-order valence-electron chi connectivity index (χ4n) is 0.966. The van der Waals surface area contributed by atoms with E-state index in [2.05, 4.69) is 15.3 Å². The van der Waals surface area contributed by atoms with Crippen LogP contribution in [0.2, 0.25) is 0 Å². The van der Waals surface area contributed by atoms with Gasteiger partial charge >= 0.3 is 0 Å². The van der Waals surface area contributed by atoms with E-state index in [9.17, 15) is 4.79 Å². The van der Waals surface area contributed by atoms with Gasteiger partial charge in [-0.25, -0.2) is 9.97 Å². The van der Waals surface area contributed by atoms with Gasteiger partial charge in [0.2, 0.25) is 5.91 Å². The zero-order chi connectivity index (χ0) is 11.3. The Balaban J connectivity index is 2.62. The Morgan fingerprint density at radius 3 is 2.87 bits per heavy atom. The van der Waals surface area contributed by atoms with Gasteiger partial charge in [-0.3, -0.25) is 4.79 Å². The normalized spacial score (nSPS) is 12.1. The minimum Gasteiger partial charge on any atom is -0.381 e. The van der Waals surface area contributed by atoms with Crippen LogP contribution in [0.1, 0.15) is 13.8 Å². The molecular formula is C9H14N4OS. The number of hydrogen-bond donors (Lipinski definition) is 2. The van der Waals surface area contributed by atoms with Crippen LogP contribution in [-0.4, -0.2) is 27.7 Å². The third-order valence-corrected chi connectivity index (χ3v) is 2.81. The minimum atomic E-state index is -0.219. The van der Waals surface area contributed by atoms with E-state index in [1.165, 1.54) is 18.0 Å². The first-order valence-electron chi connectivity index (χ1n) is 4.66. The van der Waals surface area contributed by atoms with E-state index in [4.69, 9.17) is 5.73 Å². The van der Waals surface area contributed by atoms with E-state index in [1.54, 1.807) is 6.20 Å². The molecule has 1 atom stereocenters. The van der Waals surface area contributed by atoms with Gasteiger partial charge in [0.15, 0.2) is 5.82 Å². The highest BCUT2D eigenvalue weighted by molar-refractivity contribution is 8.00. The third-order valence-electron chi connectivity index (χ3n) is 1.70. The van der Waals surface area contributed by atoms with Crippen molar-refractivity contribution >= 4 is 23.5 Å². The lowest BCUT2D eigenvalue weighted by Gasteiger charge is -2.10. The van der Waals surface area contributed by atoms with Crippen molar-refractivity contribution in [3.05, 3.63) is 12.4 Å². The maximum absolute atomic E-state index is 11.4. The zero-order valence-electron chi connectivity index (χ0n) is 8.73. The van der Waals surface area contributed by atoms with Crippen LogP contribution in [0.5, 0.6) is 0 Å². The average Bonchev–Trinajstić information content (AvgIpc) is 2.21. The largest absolute Gasteiger partial charge is 0.381 e. The number of amides is 1. The summed E-state index contributed by atoms with van der Waals surface area (Å²) in [4.78, 5) is 19.4. The Labute approximate surface area is 92.9 Å². The van der Waals surface area contributed by atoms with Crippen molar-refractivity contribution in [1.29, 1.82) is 0 Å². The summed E-state index contributed by atoms with van der Waals surface area (Å²) < 4.78 is 0. The molecule has 82 valence electrons. The second-order valence-corrected chi connectivity index (χ2v) is 4.23. The summed E-state index contributed by atoms with van der Waals surface area (Å²) in [5.74, 6) is 0.339. The first-order valence-corrected chi connectivity index (χ1v) is 5.54. The van der Waals surface area contributed by atoms with E-state index in [0.29, 0.717) is 17.4 Å². The van der Waals surface area contributed by atoms with Crippen molar-refractivity contribution in [3.63, 3.8) is 0 Å². The Bertz CT molecular complexity index is 345. The van der Waals surface area contributed by atoms with Gasteiger partial charge in [-0.1, -0.05) is 11.8 Å². The van der Waals surface area contributed by atoms with Gasteiger partial charge in [-0.05, 0) is 13.8 Å². The van der Waals surface area contributed by atoms with Crippen molar-refractivity contribution in [2.45, 2.75) is 24.1 Å². The summed E-state index contributed by atoms with van der Waals surface area (Å²) in [6.07, 6.45) is 3.08. The highest BCUT2D eigenvalue weighted by Gasteiger charge is 2.15. The molecule has 0 saturated heterocycles. The van der Waals surface area contributed by atoms with Gasteiger partial charge in [-0.2, -0.15) is 0 Å². The van der Waals surface area contributed by atoms with Crippen LogP contribution in [-0.2, 0) is 4.79 Å². The van der Waals surface area contributed by atoms with Gasteiger partial charge in [0.05, 0.1) is 5.25 Å². The smallest absolute Gasteiger partial charge is 0.233 e. The molecule has 0 saturated carbocycles. The summed E-state index contributed by atoms with van der Waals surface area (Å²) in [7, 11) is 0. The summed E-state index contributed by atoms with van der Waals surface area (Å²) in [5, 5.41) is 3.11. The molecule has 1 amide bonds. The van der Waals surface area contributed by atoms with E-state index >= 15 is 0 Å². The number of nitrogen functional groups attached to an aromatic ring is 1. The topological polar surface area (TPSA) is 80.9 Å². The second kappa shape index (κ2) is 5.55. The molecule has 0 aliphatic heterocycles. The van der Waals surface area contributed by atoms with Crippen molar-refractivity contribution in [1.82, 2.24) is 15.3 Å². The maximum Gasteiger partial charge on any atom is 0.233 e. The van der Waals surface area contributed by atoms with Crippen molar-refractivity contribution in [3.8, 4) is 0 Å². The van der Waals surface area contributed by atoms with Crippen LogP contribution in [0.4, 0.5) is 5.82 Å². The van der Waals surface area contributed by atoms with Crippen molar-refractivity contribution in [2.24, 2.45) is 0 Å². The summed E-state index contributed by atoms with van der Waals surface area (Å²) in [5.41, 5.74) is 5.62. The number of nitrogens with zero attached hydrogens (tertiary/aromatic N) is 2. The molecule has 1 heterocycles. The Hall–Kier alpha value is -1.30. The first kappa shape index (κ1) is 11.8. The summed E-state index contributed by atoms with van der Waals surface area (Å²) in [6.45, 7) is 4.31.